The van der Waals surface area contributed by atoms with Crippen LogP contribution in [0.3, 0.4) is 0 Å². The Morgan fingerprint density at radius 1 is 1.29 bits per heavy atom. The van der Waals surface area contributed by atoms with Gasteiger partial charge in [-0.25, -0.2) is 4.79 Å². The van der Waals surface area contributed by atoms with Gasteiger partial charge in [0.15, 0.2) is 6.04 Å². The number of aliphatic hydroxyl groups is 1. The number of carbonyl (C=O) groups excluding carboxylic acids is 2. The highest BCUT2D eigenvalue weighted by Gasteiger charge is 2.23. The lowest BCUT2D eigenvalue weighted by Gasteiger charge is -2.16. The Bertz CT molecular complexity index is 475. The fourth-order valence-electron chi connectivity index (χ4n) is 1.65. The first kappa shape index (κ1) is 17.0. The van der Waals surface area contributed by atoms with Gasteiger partial charge in [0.05, 0.1) is 25.4 Å². The second kappa shape index (κ2) is 8.97. The molecular weight excluding hydrogens is 274 g/mol. The average molecular weight is 295 g/mol. The zero-order valence-electron chi connectivity index (χ0n) is 12.3. The van der Waals surface area contributed by atoms with Crippen LogP contribution in [0.15, 0.2) is 24.3 Å². The van der Waals surface area contributed by atoms with E-state index in [-0.39, 0.29) is 6.61 Å². The molecule has 1 rings (SSSR count). The van der Waals surface area contributed by atoms with Crippen LogP contribution in [-0.2, 0) is 9.53 Å². The molecule has 0 spiro atoms. The summed E-state index contributed by atoms with van der Waals surface area (Å²) in [7, 11) is 0. The van der Waals surface area contributed by atoms with Crippen molar-refractivity contribution in [3.63, 3.8) is 0 Å². The van der Waals surface area contributed by atoms with Crippen LogP contribution in [-0.4, -0.2) is 42.8 Å². The van der Waals surface area contributed by atoms with E-state index in [0.29, 0.717) is 24.3 Å². The largest absolute Gasteiger partial charge is 0.493 e. The number of nitrogens with one attached hydrogen (secondary N) is 1. The molecule has 1 aromatic carbocycles. The minimum atomic E-state index is -1.08. The smallest absolute Gasteiger partial charge is 0.331 e. The maximum atomic E-state index is 12.2. The first-order valence-corrected chi connectivity index (χ1v) is 6.94. The fraction of sp³-hybridized carbons (Fsp3) is 0.467. The third-order valence-corrected chi connectivity index (χ3v) is 2.65. The van der Waals surface area contributed by atoms with Crippen LogP contribution in [0.5, 0.6) is 5.75 Å². The minimum Gasteiger partial charge on any atom is -0.493 e. The van der Waals surface area contributed by atoms with Gasteiger partial charge in [0, 0.05) is 0 Å². The Morgan fingerprint density at radius 3 is 2.62 bits per heavy atom. The molecular formula is C15H21NO5. The van der Waals surface area contributed by atoms with E-state index in [2.05, 4.69) is 5.32 Å². The molecule has 0 bridgehead atoms. The number of carbonyl (C=O) groups is 2. The topological polar surface area (TPSA) is 84.9 Å². The Kier molecular flexibility index (Phi) is 7.25. The monoisotopic (exact) mass is 295 g/mol. The number of ether oxygens (including phenoxy) is 2. The summed E-state index contributed by atoms with van der Waals surface area (Å²) in [5, 5.41) is 11.7. The second-order valence-corrected chi connectivity index (χ2v) is 4.31. The highest BCUT2D eigenvalue weighted by atomic mass is 16.5. The first-order valence-electron chi connectivity index (χ1n) is 6.94. The van der Waals surface area contributed by atoms with Crippen molar-refractivity contribution in [3.05, 3.63) is 29.8 Å². The van der Waals surface area contributed by atoms with Crippen molar-refractivity contribution in [2.75, 3.05) is 19.8 Å². The molecule has 0 aliphatic rings. The van der Waals surface area contributed by atoms with Crippen LogP contribution in [0.25, 0.3) is 0 Å². The Balaban J connectivity index is 2.76. The van der Waals surface area contributed by atoms with Crippen LogP contribution in [0.1, 0.15) is 30.6 Å². The molecule has 21 heavy (non-hydrogen) atoms. The van der Waals surface area contributed by atoms with Crippen molar-refractivity contribution in [1.82, 2.24) is 5.32 Å². The van der Waals surface area contributed by atoms with E-state index in [9.17, 15) is 14.7 Å². The Hall–Kier alpha value is -2.08. The van der Waals surface area contributed by atoms with Gasteiger partial charge in [0.1, 0.15) is 5.75 Å². The summed E-state index contributed by atoms with van der Waals surface area (Å²) in [4.78, 5) is 23.9. The van der Waals surface area contributed by atoms with Gasteiger partial charge in [-0.3, -0.25) is 4.79 Å². The summed E-state index contributed by atoms with van der Waals surface area (Å²) in [6.07, 6.45) is 0.672. The van der Waals surface area contributed by atoms with Crippen molar-refractivity contribution in [2.45, 2.75) is 26.3 Å². The van der Waals surface area contributed by atoms with Crippen molar-refractivity contribution >= 4 is 11.9 Å². The molecule has 1 amide bonds. The van der Waals surface area contributed by atoms with Crippen LogP contribution in [0.2, 0.25) is 0 Å². The Morgan fingerprint density at radius 2 is 2.00 bits per heavy atom. The van der Waals surface area contributed by atoms with Crippen LogP contribution >= 0.6 is 0 Å². The summed E-state index contributed by atoms with van der Waals surface area (Å²) >= 11 is 0. The van der Waals surface area contributed by atoms with Gasteiger partial charge in [-0.1, -0.05) is 19.1 Å². The van der Waals surface area contributed by atoms with Gasteiger partial charge in [-0.15, -0.1) is 0 Å². The van der Waals surface area contributed by atoms with Crippen molar-refractivity contribution in [3.8, 4) is 5.75 Å². The lowest BCUT2D eigenvalue weighted by molar-refractivity contribution is -0.146. The molecule has 2 N–H and O–H groups in total. The van der Waals surface area contributed by atoms with E-state index in [1.54, 1.807) is 24.3 Å². The predicted octanol–water partition coefficient (Wildman–Crippen LogP) is 1.13. The molecule has 0 unspecified atom stereocenters. The molecule has 0 radical (unpaired) electrons. The fourth-order valence-corrected chi connectivity index (χ4v) is 1.65. The SMILES string of the molecule is CCCOC(=O)[C@H](CO)NC(=O)c1ccccc1OCC. The van der Waals surface area contributed by atoms with Crippen LogP contribution < -0.4 is 10.1 Å². The summed E-state index contributed by atoms with van der Waals surface area (Å²) in [5.41, 5.74) is 0.307. The number of esters is 1. The van der Waals surface area contributed by atoms with Gasteiger partial charge in [0.2, 0.25) is 0 Å². The number of aliphatic hydroxyl groups excluding tert-OH is 1. The molecule has 6 heteroatoms. The molecule has 0 saturated heterocycles. The van der Waals surface area contributed by atoms with Gasteiger partial charge in [-0.2, -0.15) is 0 Å². The maximum absolute atomic E-state index is 12.2. The molecule has 0 aromatic heterocycles. The minimum absolute atomic E-state index is 0.251. The molecule has 1 aromatic rings. The summed E-state index contributed by atoms with van der Waals surface area (Å²) < 4.78 is 10.3. The van der Waals surface area contributed by atoms with Gasteiger partial charge < -0.3 is 19.9 Å². The molecule has 116 valence electrons. The molecule has 0 aliphatic carbocycles. The van der Waals surface area contributed by atoms with Gasteiger partial charge >= 0.3 is 5.97 Å². The van der Waals surface area contributed by atoms with E-state index >= 15 is 0 Å². The highest BCUT2D eigenvalue weighted by Crippen LogP contribution is 2.17. The number of hydrogen-bond donors (Lipinski definition) is 2. The molecule has 0 fully saturated rings. The van der Waals surface area contributed by atoms with E-state index in [1.807, 2.05) is 13.8 Å². The van der Waals surface area contributed by atoms with E-state index in [1.165, 1.54) is 0 Å². The van der Waals surface area contributed by atoms with Crippen molar-refractivity contribution in [2.24, 2.45) is 0 Å². The average Bonchev–Trinajstić information content (AvgIpc) is 2.50. The van der Waals surface area contributed by atoms with E-state index < -0.39 is 24.5 Å². The normalized spacial score (nSPS) is 11.6. The lowest BCUT2D eigenvalue weighted by Crippen LogP contribution is -2.44. The molecule has 0 heterocycles. The molecule has 1 atom stereocenters. The van der Waals surface area contributed by atoms with Gasteiger partial charge in [0.25, 0.3) is 5.91 Å². The van der Waals surface area contributed by atoms with E-state index in [4.69, 9.17) is 9.47 Å². The number of hydrogen-bond acceptors (Lipinski definition) is 5. The van der Waals surface area contributed by atoms with Crippen LogP contribution in [0.4, 0.5) is 0 Å². The number of benzene rings is 1. The summed E-state index contributed by atoms with van der Waals surface area (Å²) in [5.74, 6) is -0.718. The Labute approximate surface area is 124 Å². The number of amides is 1. The first-order chi connectivity index (χ1) is 10.1. The highest BCUT2D eigenvalue weighted by molar-refractivity contribution is 5.99. The third-order valence-electron chi connectivity index (χ3n) is 2.65. The summed E-state index contributed by atoms with van der Waals surface area (Å²) in [6.45, 7) is 3.82. The zero-order valence-corrected chi connectivity index (χ0v) is 12.3. The molecule has 6 nitrogen and oxygen atoms in total. The predicted molar refractivity (Wildman–Crippen MR) is 77.2 cm³/mol. The van der Waals surface area contributed by atoms with Crippen molar-refractivity contribution < 1.29 is 24.2 Å². The van der Waals surface area contributed by atoms with Gasteiger partial charge in [-0.05, 0) is 25.5 Å². The van der Waals surface area contributed by atoms with E-state index in [0.717, 1.165) is 0 Å². The van der Waals surface area contributed by atoms with Crippen molar-refractivity contribution in [1.29, 1.82) is 0 Å². The van der Waals surface area contributed by atoms with Crippen LogP contribution in [0, 0.1) is 0 Å². The quantitative estimate of drug-likeness (QED) is 0.702. The molecule has 0 aliphatic heterocycles. The number of rotatable bonds is 8. The standard InChI is InChI=1S/C15H21NO5/c1-3-9-21-15(19)12(10-17)16-14(18)11-7-5-6-8-13(11)20-4-2/h5-8,12,17H,3-4,9-10H2,1-2H3,(H,16,18)/t12-/m0/s1. The zero-order chi connectivity index (χ0) is 15.7. The maximum Gasteiger partial charge on any atom is 0.331 e. The lowest BCUT2D eigenvalue weighted by atomic mass is 10.1. The second-order valence-electron chi connectivity index (χ2n) is 4.31. The third kappa shape index (κ3) is 5.07. The molecule has 0 saturated carbocycles. The summed E-state index contributed by atoms with van der Waals surface area (Å²) in [6, 6.07) is 5.62. The number of para-hydroxylation sites is 1.